The van der Waals surface area contributed by atoms with Crippen molar-refractivity contribution in [3.63, 3.8) is 0 Å². The molecule has 1 saturated heterocycles. The summed E-state index contributed by atoms with van der Waals surface area (Å²) in [5.41, 5.74) is 5.17. The van der Waals surface area contributed by atoms with Crippen LogP contribution >= 0.6 is 11.8 Å². The van der Waals surface area contributed by atoms with E-state index in [0.717, 1.165) is 29.8 Å². The van der Waals surface area contributed by atoms with Crippen molar-refractivity contribution >= 4 is 24.1 Å². The quantitative estimate of drug-likeness (QED) is 0.317. The molecule has 2 aromatic carbocycles. The Hall–Kier alpha value is -2.55. The van der Waals surface area contributed by atoms with Gasteiger partial charge < -0.3 is 26.2 Å². The number of aromatic hydroxyl groups is 1. The van der Waals surface area contributed by atoms with Crippen molar-refractivity contribution in [1.29, 1.82) is 0 Å². The number of primary amides is 1. The van der Waals surface area contributed by atoms with Crippen molar-refractivity contribution in [2.24, 2.45) is 17.6 Å². The number of carbonyl (C=O) groups excluding carboxylic acids is 2. The number of piperidine rings is 1. The summed E-state index contributed by atoms with van der Waals surface area (Å²) in [6.45, 7) is 4.39. The highest BCUT2D eigenvalue weighted by Gasteiger charge is 2.33. The molecule has 2 aliphatic rings. The molecule has 196 valence electrons. The van der Waals surface area contributed by atoms with Gasteiger partial charge in [0.1, 0.15) is 5.75 Å². The maximum absolute atomic E-state index is 13.1. The SMILES string of the molecule is Cc1c(O)cccc1C(=O)NC(CSc1ccccc1)C(O)CN1CCC2CCCCC2C1.NC=O. The number of aliphatic hydroxyl groups excluding tert-OH is 1. The van der Waals surface area contributed by atoms with E-state index < -0.39 is 12.1 Å². The number of fused-ring (bicyclic) bond motifs is 1. The van der Waals surface area contributed by atoms with Crippen molar-refractivity contribution in [1.82, 2.24) is 10.2 Å². The molecule has 2 aromatic rings. The predicted molar refractivity (Wildman–Crippen MR) is 144 cm³/mol. The number of phenols is 1. The number of hydrogen-bond acceptors (Lipinski definition) is 6. The Morgan fingerprint density at radius 3 is 2.56 bits per heavy atom. The second-order valence-electron chi connectivity index (χ2n) is 9.71. The first kappa shape index (κ1) is 28.0. The van der Waals surface area contributed by atoms with Crippen LogP contribution in [0.4, 0.5) is 0 Å². The third-order valence-electron chi connectivity index (χ3n) is 7.32. The van der Waals surface area contributed by atoms with E-state index in [1.165, 1.54) is 32.1 Å². The first-order valence-electron chi connectivity index (χ1n) is 12.8. The Morgan fingerprint density at radius 1 is 1.14 bits per heavy atom. The van der Waals surface area contributed by atoms with Crippen LogP contribution in [0.25, 0.3) is 0 Å². The molecule has 2 amide bonds. The van der Waals surface area contributed by atoms with E-state index in [0.29, 0.717) is 23.4 Å². The van der Waals surface area contributed by atoms with Gasteiger partial charge >= 0.3 is 0 Å². The molecule has 5 N–H and O–H groups in total. The molecular formula is C28H39N3O4S. The van der Waals surface area contributed by atoms with Crippen molar-refractivity contribution in [3.05, 3.63) is 59.7 Å². The third-order valence-corrected chi connectivity index (χ3v) is 8.46. The predicted octanol–water partition coefficient (Wildman–Crippen LogP) is 3.57. The Labute approximate surface area is 218 Å². The average molecular weight is 514 g/mol. The molecule has 4 atom stereocenters. The van der Waals surface area contributed by atoms with Crippen molar-refractivity contribution in [2.75, 3.05) is 25.4 Å². The summed E-state index contributed by atoms with van der Waals surface area (Å²) in [6.07, 6.45) is 6.16. The molecular weight excluding hydrogens is 474 g/mol. The van der Waals surface area contributed by atoms with Crippen LogP contribution in [0.15, 0.2) is 53.4 Å². The van der Waals surface area contributed by atoms with Crippen molar-refractivity contribution in [2.45, 2.75) is 56.1 Å². The summed E-state index contributed by atoms with van der Waals surface area (Å²) in [6, 6.07) is 14.6. The molecule has 1 aliphatic carbocycles. The molecule has 0 bridgehead atoms. The maximum Gasteiger partial charge on any atom is 0.252 e. The minimum Gasteiger partial charge on any atom is -0.508 e. The van der Waals surface area contributed by atoms with Gasteiger partial charge in [0.2, 0.25) is 6.41 Å². The number of likely N-dealkylation sites (tertiary alicyclic amines) is 1. The second kappa shape index (κ2) is 14.3. The number of β-amino-alcohol motifs (C(OH)–C–C–N with tert-alkyl or cyclic N) is 1. The van der Waals surface area contributed by atoms with Crippen LogP contribution in [0.3, 0.4) is 0 Å². The number of nitrogens with two attached hydrogens (primary N) is 1. The van der Waals surface area contributed by atoms with Gasteiger partial charge in [0.25, 0.3) is 5.91 Å². The number of thioether (sulfide) groups is 1. The number of amides is 2. The highest BCUT2D eigenvalue weighted by molar-refractivity contribution is 7.99. The van der Waals surface area contributed by atoms with Gasteiger partial charge in [0, 0.05) is 34.9 Å². The number of nitrogens with zero attached hydrogens (tertiary/aromatic N) is 1. The third kappa shape index (κ3) is 7.98. The summed E-state index contributed by atoms with van der Waals surface area (Å²) in [5.74, 6) is 2.03. The maximum atomic E-state index is 13.1. The van der Waals surface area contributed by atoms with Crippen molar-refractivity contribution in [3.8, 4) is 5.75 Å². The monoisotopic (exact) mass is 513 g/mol. The molecule has 0 radical (unpaired) electrons. The zero-order chi connectivity index (χ0) is 25.9. The van der Waals surface area contributed by atoms with Crippen LogP contribution in [0.1, 0.15) is 48.0 Å². The summed E-state index contributed by atoms with van der Waals surface area (Å²) in [4.78, 5) is 25.2. The summed E-state index contributed by atoms with van der Waals surface area (Å²) in [7, 11) is 0. The molecule has 1 aliphatic heterocycles. The minimum atomic E-state index is -0.664. The largest absolute Gasteiger partial charge is 0.508 e. The number of phenolic OH excluding ortho intramolecular Hbond substituents is 1. The number of rotatable bonds is 8. The number of carbonyl (C=O) groups is 2. The van der Waals surface area contributed by atoms with Gasteiger partial charge in [0.05, 0.1) is 12.1 Å². The second-order valence-corrected chi connectivity index (χ2v) is 10.8. The van der Waals surface area contributed by atoms with Crippen LogP contribution < -0.4 is 11.1 Å². The number of hydrogen-bond donors (Lipinski definition) is 4. The fraction of sp³-hybridized carbons (Fsp3) is 0.500. The molecule has 1 heterocycles. The Balaban J connectivity index is 0.00000115. The first-order valence-corrected chi connectivity index (χ1v) is 13.7. The van der Waals surface area contributed by atoms with E-state index in [1.54, 1.807) is 36.9 Å². The van der Waals surface area contributed by atoms with Crippen LogP contribution in [0, 0.1) is 18.8 Å². The van der Waals surface area contributed by atoms with Gasteiger partial charge in [-0.25, -0.2) is 0 Å². The van der Waals surface area contributed by atoms with E-state index in [1.807, 2.05) is 30.3 Å². The molecule has 4 rings (SSSR count). The summed E-state index contributed by atoms with van der Waals surface area (Å²) in [5, 5.41) is 24.3. The van der Waals surface area contributed by atoms with Crippen molar-refractivity contribution < 1.29 is 19.8 Å². The smallest absolute Gasteiger partial charge is 0.252 e. The minimum absolute atomic E-state index is 0.105. The summed E-state index contributed by atoms with van der Waals surface area (Å²) >= 11 is 1.64. The van der Waals surface area contributed by atoms with E-state index in [9.17, 15) is 15.0 Å². The fourth-order valence-electron chi connectivity index (χ4n) is 5.30. The topological polar surface area (TPSA) is 116 Å². The standard InChI is InChI=1S/C27H36N2O3S.CH3NO/c1-19-23(12-7-13-25(19)30)27(32)28-24(18-33-22-10-3-2-4-11-22)26(31)17-29-15-14-20-8-5-6-9-21(20)16-29;2-1-3/h2-4,7,10-13,20-21,24,26,30-31H,5-6,8-9,14-18H2,1H3,(H,28,32);1H,(H2,2,3). The molecule has 2 fully saturated rings. The molecule has 1 saturated carbocycles. The molecule has 4 unspecified atom stereocenters. The highest BCUT2D eigenvalue weighted by Crippen LogP contribution is 2.36. The molecule has 0 aromatic heterocycles. The first-order chi connectivity index (χ1) is 17.4. The van der Waals surface area contributed by atoms with Gasteiger partial charge in [-0.1, -0.05) is 43.5 Å². The normalized spacial score (nSPS) is 21.3. The lowest BCUT2D eigenvalue weighted by Crippen LogP contribution is -2.52. The van der Waals surface area contributed by atoms with E-state index in [2.05, 4.69) is 16.0 Å². The van der Waals surface area contributed by atoms with E-state index >= 15 is 0 Å². The van der Waals surface area contributed by atoms with E-state index in [4.69, 9.17) is 4.79 Å². The van der Waals surface area contributed by atoms with Crippen LogP contribution in [-0.2, 0) is 4.79 Å². The van der Waals surface area contributed by atoms with Crippen LogP contribution in [-0.4, -0.2) is 65.0 Å². The van der Waals surface area contributed by atoms with E-state index in [-0.39, 0.29) is 18.1 Å². The molecule has 0 spiro atoms. The molecule has 7 nitrogen and oxygen atoms in total. The summed E-state index contributed by atoms with van der Waals surface area (Å²) < 4.78 is 0. The lowest BCUT2D eigenvalue weighted by molar-refractivity contribution is -0.106. The van der Waals surface area contributed by atoms with Gasteiger partial charge in [0.15, 0.2) is 0 Å². The number of aliphatic hydroxyl groups is 1. The Bertz CT molecular complexity index is 975. The number of benzene rings is 2. The molecule has 8 heteroatoms. The van der Waals surface area contributed by atoms with Gasteiger partial charge in [-0.2, -0.15) is 0 Å². The number of nitrogens with one attached hydrogen (secondary N) is 1. The lowest BCUT2D eigenvalue weighted by Gasteiger charge is -2.42. The fourth-order valence-corrected chi connectivity index (χ4v) is 6.33. The molecule has 36 heavy (non-hydrogen) atoms. The van der Waals surface area contributed by atoms with Gasteiger partial charge in [-0.3, -0.25) is 9.59 Å². The Kier molecular flexibility index (Phi) is 11.1. The average Bonchev–Trinajstić information content (AvgIpc) is 2.89. The lowest BCUT2D eigenvalue weighted by atomic mass is 9.75. The zero-order valence-corrected chi connectivity index (χ0v) is 21.8. The van der Waals surface area contributed by atoms with Gasteiger partial charge in [-0.15, -0.1) is 11.8 Å². The Morgan fingerprint density at radius 2 is 1.83 bits per heavy atom. The van der Waals surface area contributed by atoms with Crippen LogP contribution in [0.5, 0.6) is 5.75 Å². The van der Waals surface area contributed by atoms with Crippen LogP contribution in [0.2, 0.25) is 0 Å². The van der Waals surface area contributed by atoms with Gasteiger partial charge in [-0.05, 0) is 62.4 Å². The highest BCUT2D eigenvalue weighted by atomic mass is 32.2. The zero-order valence-electron chi connectivity index (χ0n) is 21.0.